The van der Waals surface area contributed by atoms with Crippen LogP contribution in [0.25, 0.3) is 11.5 Å². The first-order valence-corrected chi connectivity index (χ1v) is 6.66. The molecule has 1 aliphatic heterocycles. The first-order chi connectivity index (χ1) is 9.38. The molecule has 3 heterocycles. The van der Waals surface area contributed by atoms with Gasteiger partial charge in [0.25, 0.3) is 5.89 Å². The van der Waals surface area contributed by atoms with Crippen LogP contribution in [0.15, 0.2) is 16.9 Å². The molecular weight excluding hydrogens is 244 g/mol. The minimum atomic E-state index is 0.228. The Morgan fingerprint density at radius 3 is 2.95 bits per heavy atom. The van der Waals surface area contributed by atoms with Crippen LogP contribution < -0.4 is 5.32 Å². The maximum absolute atomic E-state index is 5.32. The molecule has 2 aromatic heterocycles. The van der Waals surface area contributed by atoms with E-state index in [1.54, 1.807) is 12.4 Å². The third-order valence-electron chi connectivity index (χ3n) is 3.46. The van der Waals surface area contributed by atoms with Crippen LogP contribution in [0.2, 0.25) is 0 Å². The predicted octanol–water partition coefficient (Wildman–Crippen LogP) is 0.816. The summed E-state index contributed by atoms with van der Waals surface area (Å²) in [6, 6.07) is 0.228. The summed E-state index contributed by atoms with van der Waals surface area (Å²) in [5.41, 5.74) is 0.828. The largest absolute Gasteiger partial charge is 0.334 e. The highest BCUT2D eigenvalue weighted by molar-refractivity contribution is 5.49. The van der Waals surface area contributed by atoms with Crippen molar-refractivity contribution in [1.29, 1.82) is 0 Å². The monoisotopic (exact) mass is 262 g/mol. The Hall–Kier alpha value is -1.73. The predicted molar refractivity (Wildman–Crippen MR) is 69.4 cm³/mol. The van der Waals surface area contributed by atoms with E-state index in [1.807, 2.05) is 0 Å². The minimum absolute atomic E-state index is 0.228. The number of piperazine rings is 1. The van der Waals surface area contributed by atoms with Crippen LogP contribution in [0.4, 0.5) is 0 Å². The second-order valence-electron chi connectivity index (χ2n) is 4.65. The smallest absolute Gasteiger partial charge is 0.261 e. The Balaban J connectivity index is 1.79. The van der Waals surface area contributed by atoms with Crippen molar-refractivity contribution in [2.45, 2.75) is 19.4 Å². The first kappa shape index (κ1) is 12.3. The molecule has 0 amide bonds. The van der Waals surface area contributed by atoms with Crippen LogP contribution in [0.3, 0.4) is 0 Å². The molecule has 19 heavy (non-hydrogen) atoms. The summed E-state index contributed by atoms with van der Waals surface area (Å²) >= 11 is 0. The van der Waals surface area contributed by atoms with Crippen molar-refractivity contribution in [2.24, 2.45) is 0 Å². The molecule has 102 valence electrons. The number of H-pyrrole nitrogens is 1. The quantitative estimate of drug-likeness (QED) is 0.848. The van der Waals surface area contributed by atoms with Crippen molar-refractivity contribution in [3.63, 3.8) is 0 Å². The highest BCUT2D eigenvalue weighted by atomic mass is 16.5. The Morgan fingerprint density at radius 2 is 2.26 bits per heavy atom. The van der Waals surface area contributed by atoms with E-state index >= 15 is 0 Å². The van der Waals surface area contributed by atoms with Crippen LogP contribution in [0.1, 0.15) is 25.2 Å². The summed E-state index contributed by atoms with van der Waals surface area (Å²) < 4.78 is 5.32. The van der Waals surface area contributed by atoms with Gasteiger partial charge in [0, 0.05) is 32.4 Å². The lowest BCUT2D eigenvalue weighted by atomic mass is 10.1. The topological polar surface area (TPSA) is 82.9 Å². The normalized spacial score (nSPS) is 18.6. The third-order valence-corrected chi connectivity index (χ3v) is 3.46. The van der Waals surface area contributed by atoms with Crippen molar-refractivity contribution in [2.75, 3.05) is 26.2 Å². The van der Waals surface area contributed by atoms with Gasteiger partial charge < -0.3 is 9.84 Å². The summed E-state index contributed by atoms with van der Waals surface area (Å²) in [5.74, 6) is 1.29. The molecule has 1 aliphatic rings. The molecule has 0 spiro atoms. The summed E-state index contributed by atoms with van der Waals surface area (Å²) in [5, 5.41) is 14.1. The maximum atomic E-state index is 5.32. The van der Waals surface area contributed by atoms with Gasteiger partial charge in [0.1, 0.15) is 0 Å². The van der Waals surface area contributed by atoms with Crippen molar-refractivity contribution < 1.29 is 4.52 Å². The molecule has 7 heteroatoms. The standard InChI is InChI=1S/C12H18N6O/c1-2-10(18-5-3-13-4-6-18)11-16-12(19-17-11)9-7-14-15-8-9/h7-8,10,13H,2-6H2,1H3,(H,14,15). The van der Waals surface area contributed by atoms with E-state index in [-0.39, 0.29) is 6.04 Å². The fourth-order valence-electron chi connectivity index (χ4n) is 2.45. The lowest BCUT2D eigenvalue weighted by Crippen LogP contribution is -2.45. The van der Waals surface area contributed by atoms with Gasteiger partial charge in [-0.05, 0) is 6.42 Å². The second kappa shape index (κ2) is 5.50. The molecule has 0 saturated carbocycles. The second-order valence-corrected chi connectivity index (χ2v) is 4.65. The number of aromatic amines is 1. The molecule has 1 unspecified atom stereocenters. The molecule has 2 N–H and O–H groups in total. The summed E-state index contributed by atoms with van der Waals surface area (Å²) in [4.78, 5) is 6.90. The van der Waals surface area contributed by atoms with Gasteiger partial charge in [-0.1, -0.05) is 12.1 Å². The zero-order valence-electron chi connectivity index (χ0n) is 11.0. The molecule has 3 rings (SSSR count). The van der Waals surface area contributed by atoms with Crippen LogP contribution >= 0.6 is 0 Å². The molecular formula is C12H18N6O. The SMILES string of the molecule is CCC(c1noc(-c2cn[nH]c2)n1)N1CCNCC1. The van der Waals surface area contributed by atoms with Gasteiger partial charge in [0.15, 0.2) is 5.82 Å². The molecule has 0 aromatic carbocycles. The fraction of sp³-hybridized carbons (Fsp3) is 0.583. The van der Waals surface area contributed by atoms with E-state index in [1.165, 1.54) is 0 Å². The van der Waals surface area contributed by atoms with Crippen molar-refractivity contribution in [3.8, 4) is 11.5 Å². The molecule has 0 aliphatic carbocycles. The Kier molecular flexibility index (Phi) is 3.56. The van der Waals surface area contributed by atoms with Gasteiger partial charge in [-0.15, -0.1) is 0 Å². The Bertz CT molecular complexity index is 502. The number of aromatic nitrogens is 4. The zero-order chi connectivity index (χ0) is 13.1. The zero-order valence-corrected chi connectivity index (χ0v) is 11.0. The highest BCUT2D eigenvalue weighted by Gasteiger charge is 2.25. The molecule has 0 radical (unpaired) electrons. The van der Waals surface area contributed by atoms with Gasteiger partial charge >= 0.3 is 0 Å². The highest BCUT2D eigenvalue weighted by Crippen LogP contribution is 2.24. The van der Waals surface area contributed by atoms with Gasteiger partial charge in [-0.25, -0.2) is 0 Å². The van der Waals surface area contributed by atoms with Crippen LogP contribution in [0, 0.1) is 0 Å². The van der Waals surface area contributed by atoms with Crippen LogP contribution in [-0.4, -0.2) is 51.4 Å². The number of hydrogen-bond acceptors (Lipinski definition) is 6. The van der Waals surface area contributed by atoms with Crippen LogP contribution in [0.5, 0.6) is 0 Å². The maximum Gasteiger partial charge on any atom is 0.261 e. The lowest BCUT2D eigenvalue weighted by molar-refractivity contribution is 0.160. The first-order valence-electron chi connectivity index (χ1n) is 6.66. The Morgan fingerprint density at radius 1 is 1.42 bits per heavy atom. The van der Waals surface area contributed by atoms with E-state index in [9.17, 15) is 0 Å². The average molecular weight is 262 g/mol. The number of nitrogens with one attached hydrogen (secondary N) is 2. The lowest BCUT2D eigenvalue weighted by Gasteiger charge is -2.32. The number of rotatable bonds is 4. The van der Waals surface area contributed by atoms with E-state index in [0.29, 0.717) is 5.89 Å². The van der Waals surface area contributed by atoms with E-state index in [2.05, 4.69) is 37.5 Å². The summed E-state index contributed by atoms with van der Waals surface area (Å²) in [6.45, 7) is 6.23. The van der Waals surface area contributed by atoms with Crippen molar-refractivity contribution >= 4 is 0 Å². The van der Waals surface area contributed by atoms with Gasteiger partial charge in [0.05, 0.1) is 17.8 Å². The third kappa shape index (κ3) is 2.52. The Labute approximate surface area is 111 Å². The number of hydrogen-bond donors (Lipinski definition) is 2. The number of nitrogens with zero attached hydrogens (tertiary/aromatic N) is 4. The molecule has 1 fully saturated rings. The molecule has 1 atom stereocenters. The van der Waals surface area contributed by atoms with Crippen molar-refractivity contribution in [1.82, 2.24) is 30.6 Å². The van der Waals surface area contributed by atoms with Gasteiger partial charge in [0.2, 0.25) is 0 Å². The molecule has 1 saturated heterocycles. The molecule has 2 aromatic rings. The fourth-order valence-corrected chi connectivity index (χ4v) is 2.45. The van der Waals surface area contributed by atoms with Gasteiger partial charge in [-0.3, -0.25) is 10.00 Å². The summed E-state index contributed by atoms with van der Waals surface area (Å²) in [7, 11) is 0. The van der Waals surface area contributed by atoms with E-state index in [4.69, 9.17) is 4.52 Å². The van der Waals surface area contributed by atoms with E-state index in [0.717, 1.165) is 44.0 Å². The summed E-state index contributed by atoms with van der Waals surface area (Å²) in [6.07, 6.45) is 4.41. The van der Waals surface area contributed by atoms with Crippen molar-refractivity contribution in [3.05, 3.63) is 18.2 Å². The van der Waals surface area contributed by atoms with Crippen LogP contribution in [-0.2, 0) is 0 Å². The molecule has 0 bridgehead atoms. The van der Waals surface area contributed by atoms with Gasteiger partial charge in [-0.2, -0.15) is 10.1 Å². The average Bonchev–Trinajstić information content (AvgIpc) is 3.11. The molecule has 7 nitrogen and oxygen atoms in total. The minimum Gasteiger partial charge on any atom is -0.334 e. The van der Waals surface area contributed by atoms with E-state index < -0.39 is 0 Å².